The first-order valence-corrected chi connectivity index (χ1v) is 7.08. The summed E-state index contributed by atoms with van der Waals surface area (Å²) >= 11 is 0. The van der Waals surface area contributed by atoms with E-state index in [2.05, 4.69) is 16.3 Å². The summed E-state index contributed by atoms with van der Waals surface area (Å²) in [5.74, 6) is 1.02. The zero-order chi connectivity index (χ0) is 13.7. The van der Waals surface area contributed by atoms with Crippen LogP contribution < -0.4 is 15.1 Å². The molecule has 0 aromatic heterocycles. The van der Waals surface area contributed by atoms with Gasteiger partial charge in [-0.1, -0.05) is 18.2 Å². The molecule has 4 heteroatoms. The second-order valence-corrected chi connectivity index (χ2v) is 5.50. The van der Waals surface area contributed by atoms with Gasteiger partial charge in [-0.15, -0.1) is 0 Å². The quantitative estimate of drug-likeness (QED) is 0.845. The lowest BCUT2D eigenvalue weighted by Gasteiger charge is -2.30. The van der Waals surface area contributed by atoms with Crippen LogP contribution in [0.2, 0.25) is 0 Å². The van der Waals surface area contributed by atoms with Gasteiger partial charge in [0.2, 0.25) is 0 Å². The van der Waals surface area contributed by atoms with Crippen molar-refractivity contribution in [2.24, 2.45) is 0 Å². The minimum atomic E-state index is 0.0547. The van der Waals surface area contributed by atoms with E-state index in [1.54, 1.807) is 4.90 Å². The third kappa shape index (κ3) is 1.57. The minimum Gasteiger partial charge on any atom is -0.367 e. The molecule has 20 heavy (non-hydrogen) atoms. The number of nitrogens with zero attached hydrogens (tertiary/aromatic N) is 2. The first kappa shape index (κ1) is 11.6. The van der Waals surface area contributed by atoms with E-state index in [0.717, 1.165) is 29.3 Å². The first-order chi connectivity index (χ1) is 9.77. The van der Waals surface area contributed by atoms with Crippen molar-refractivity contribution in [3.8, 4) is 0 Å². The van der Waals surface area contributed by atoms with Gasteiger partial charge in [-0.05, 0) is 31.1 Å². The molecule has 1 fully saturated rings. The minimum absolute atomic E-state index is 0.0547. The molecule has 1 aliphatic carbocycles. The molecular weight excluding hydrogens is 250 g/mol. The molecule has 0 saturated heterocycles. The maximum Gasteiger partial charge on any atom is 0.261 e. The van der Waals surface area contributed by atoms with Crippen LogP contribution in [-0.2, 0) is 4.79 Å². The summed E-state index contributed by atoms with van der Waals surface area (Å²) in [5.41, 5.74) is 2.87. The third-order valence-corrected chi connectivity index (χ3v) is 4.12. The van der Waals surface area contributed by atoms with E-state index in [4.69, 9.17) is 0 Å². The molecule has 2 aliphatic heterocycles. The fourth-order valence-corrected chi connectivity index (χ4v) is 2.97. The van der Waals surface area contributed by atoms with Crippen molar-refractivity contribution in [2.75, 3.05) is 23.4 Å². The Hall–Kier alpha value is -2.23. The number of likely N-dealkylation sites (N-methyl/N-ethyl adjacent to an activating group) is 1. The Morgan fingerprint density at radius 3 is 2.70 bits per heavy atom. The Labute approximate surface area is 118 Å². The van der Waals surface area contributed by atoms with E-state index in [1.807, 2.05) is 37.4 Å². The lowest BCUT2D eigenvalue weighted by atomic mass is 10.1. The summed E-state index contributed by atoms with van der Waals surface area (Å²) in [6.45, 7) is 0.779. The van der Waals surface area contributed by atoms with Crippen LogP contribution in [0.15, 0.2) is 47.8 Å². The van der Waals surface area contributed by atoms with E-state index in [1.165, 1.54) is 12.8 Å². The summed E-state index contributed by atoms with van der Waals surface area (Å²) in [5, 5.41) is 3.40. The summed E-state index contributed by atoms with van der Waals surface area (Å²) in [6.07, 6.45) is 6.33. The van der Waals surface area contributed by atoms with Crippen LogP contribution in [0.5, 0.6) is 0 Å². The van der Waals surface area contributed by atoms with Gasteiger partial charge in [0, 0.05) is 19.6 Å². The van der Waals surface area contributed by atoms with Crippen molar-refractivity contribution < 1.29 is 4.79 Å². The monoisotopic (exact) mass is 267 g/mol. The van der Waals surface area contributed by atoms with Crippen LogP contribution in [0, 0.1) is 0 Å². The van der Waals surface area contributed by atoms with E-state index in [-0.39, 0.29) is 5.91 Å². The predicted molar refractivity (Wildman–Crippen MR) is 79.5 cm³/mol. The summed E-state index contributed by atoms with van der Waals surface area (Å²) in [4.78, 5) is 16.8. The lowest BCUT2D eigenvalue weighted by molar-refractivity contribution is -0.114. The van der Waals surface area contributed by atoms with Gasteiger partial charge in [0.05, 0.1) is 16.9 Å². The Bertz CT molecular complexity index is 643. The molecule has 3 aliphatic rings. The number of carbonyl (C=O) groups excluding carboxylic acids is 1. The number of dihydropyridines is 1. The maximum atomic E-state index is 12.7. The number of hydrogen-bond donors (Lipinski definition) is 1. The molecule has 4 nitrogen and oxygen atoms in total. The number of fused-ring (bicyclic) bond motifs is 1. The Kier molecular flexibility index (Phi) is 2.39. The van der Waals surface area contributed by atoms with E-state index in [9.17, 15) is 4.79 Å². The van der Waals surface area contributed by atoms with Crippen molar-refractivity contribution in [3.05, 3.63) is 47.8 Å². The maximum absolute atomic E-state index is 12.7. The molecule has 1 amide bonds. The van der Waals surface area contributed by atoms with E-state index in [0.29, 0.717) is 6.04 Å². The second kappa shape index (κ2) is 4.13. The SMILES string of the molecule is CN1C(=O)C2=C(NCC=C2)N(C2CC2)c2ccccc21. The Morgan fingerprint density at radius 1 is 1.20 bits per heavy atom. The molecule has 1 N–H and O–H groups in total. The molecule has 1 aromatic rings. The van der Waals surface area contributed by atoms with Gasteiger partial charge in [-0.3, -0.25) is 4.79 Å². The highest BCUT2D eigenvalue weighted by Crippen LogP contribution is 2.42. The van der Waals surface area contributed by atoms with Crippen molar-refractivity contribution in [1.82, 2.24) is 5.32 Å². The summed E-state index contributed by atoms with van der Waals surface area (Å²) in [7, 11) is 1.85. The number of hydrogen-bond acceptors (Lipinski definition) is 3. The number of rotatable bonds is 1. The normalized spacial score (nSPS) is 21.4. The molecule has 0 spiro atoms. The second-order valence-electron chi connectivity index (χ2n) is 5.50. The fourth-order valence-electron chi connectivity index (χ4n) is 2.97. The van der Waals surface area contributed by atoms with Gasteiger partial charge in [0.1, 0.15) is 5.82 Å². The van der Waals surface area contributed by atoms with Crippen LogP contribution >= 0.6 is 0 Å². The van der Waals surface area contributed by atoms with Gasteiger partial charge in [-0.2, -0.15) is 0 Å². The molecule has 0 radical (unpaired) electrons. The molecule has 0 atom stereocenters. The lowest BCUT2D eigenvalue weighted by Crippen LogP contribution is -2.37. The third-order valence-electron chi connectivity index (χ3n) is 4.12. The van der Waals surface area contributed by atoms with Crippen LogP contribution in [0.25, 0.3) is 0 Å². The topological polar surface area (TPSA) is 35.6 Å². The van der Waals surface area contributed by atoms with Crippen molar-refractivity contribution in [2.45, 2.75) is 18.9 Å². The molecule has 1 saturated carbocycles. The van der Waals surface area contributed by atoms with Crippen molar-refractivity contribution in [1.29, 1.82) is 0 Å². The fraction of sp³-hybridized carbons (Fsp3) is 0.312. The van der Waals surface area contributed by atoms with Crippen LogP contribution in [0.1, 0.15) is 12.8 Å². The van der Waals surface area contributed by atoms with Gasteiger partial charge >= 0.3 is 0 Å². The molecular formula is C16H17N3O. The first-order valence-electron chi connectivity index (χ1n) is 7.08. The number of benzene rings is 1. The molecule has 0 unspecified atom stereocenters. The smallest absolute Gasteiger partial charge is 0.261 e. The van der Waals surface area contributed by atoms with Gasteiger partial charge in [0.15, 0.2) is 0 Å². The number of anilines is 2. The highest BCUT2D eigenvalue weighted by molar-refractivity contribution is 6.11. The summed E-state index contributed by atoms with van der Waals surface area (Å²) in [6, 6.07) is 8.66. The molecule has 102 valence electrons. The van der Waals surface area contributed by atoms with Crippen LogP contribution in [0.3, 0.4) is 0 Å². The van der Waals surface area contributed by atoms with Gasteiger partial charge in [-0.25, -0.2) is 0 Å². The van der Waals surface area contributed by atoms with E-state index >= 15 is 0 Å². The van der Waals surface area contributed by atoms with E-state index < -0.39 is 0 Å². The van der Waals surface area contributed by atoms with Gasteiger partial charge < -0.3 is 15.1 Å². The van der Waals surface area contributed by atoms with Crippen LogP contribution in [0.4, 0.5) is 11.4 Å². The van der Waals surface area contributed by atoms with Gasteiger partial charge in [0.25, 0.3) is 5.91 Å². The zero-order valence-corrected chi connectivity index (χ0v) is 11.5. The Balaban J connectivity index is 1.96. The molecule has 2 heterocycles. The highest BCUT2D eigenvalue weighted by atomic mass is 16.2. The van der Waals surface area contributed by atoms with Crippen molar-refractivity contribution in [3.63, 3.8) is 0 Å². The largest absolute Gasteiger partial charge is 0.367 e. The highest BCUT2D eigenvalue weighted by Gasteiger charge is 2.38. The zero-order valence-electron chi connectivity index (χ0n) is 11.5. The summed E-state index contributed by atoms with van der Waals surface area (Å²) < 4.78 is 0. The average molecular weight is 267 g/mol. The number of nitrogens with one attached hydrogen (secondary N) is 1. The molecule has 1 aromatic carbocycles. The molecule has 0 bridgehead atoms. The molecule has 4 rings (SSSR count). The Morgan fingerprint density at radius 2 is 1.95 bits per heavy atom. The van der Waals surface area contributed by atoms with Crippen LogP contribution in [-0.4, -0.2) is 25.5 Å². The van der Waals surface area contributed by atoms with Crippen molar-refractivity contribution >= 4 is 17.3 Å². The average Bonchev–Trinajstić information content (AvgIpc) is 3.32. The predicted octanol–water partition coefficient (Wildman–Crippen LogP) is 2.00. The number of amides is 1. The number of carbonyl (C=O) groups is 1. The standard InChI is InChI=1S/C16H17N3O/c1-18-13-6-2-3-7-14(13)19(11-8-9-11)15-12(16(18)20)5-4-10-17-15/h2-7,11,17H,8-10H2,1H3. The number of para-hydroxylation sites is 2.